The summed E-state index contributed by atoms with van der Waals surface area (Å²) in [5, 5.41) is 15.4. The van der Waals surface area contributed by atoms with Crippen LogP contribution in [0, 0.1) is 6.92 Å². The summed E-state index contributed by atoms with van der Waals surface area (Å²) in [7, 11) is 1.64. The molecule has 4 rings (SSSR count). The molecule has 33 heavy (non-hydrogen) atoms. The summed E-state index contributed by atoms with van der Waals surface area (Å²) in [5.74, 6) is 1.98. The largest absolute Gasteiger partial charge is 0.493 e. The van der Waals surface area contributed by atoms with Gasteiger partial charge in [-0.3, -0.25) is 4.90 Å². The van der Waals surface area contributed by atoms with Gasteiger partial charge in [0.15, 0.2) is 11.5 Å². The molecule has 0 amide bonds. The van der Waals surface area contributed by atoms with Crippen LogP contribution in [-0.4, -0.2) is 45.6 Å². The Bertz CT molecular complexity index is 1060. The van der Waals surface area contributed by atoms with E-state index in [1.165, 1.54) is 0 Å². The van der Waals surface area contributed by atoms with Crippen molar-refractivity contribution in [3.63, 3.8) is 0 Å². The first kappa shape index (κ1) is 23.1. The van der Waals surface area contributed by atoms with Crippen molar-refractivity contribution in [3.05, 3.63) is 78.5 Å². The molecule has 0 bridgehead atoms. The molecule has 1 fully saturated rings. The minimum atomic E-state index is -0.383. The van der Waals surface area contributed by atoms with Crippen LogP contribution in [0.3, 0.4) is 0 Å². The number of aryl methyl sites for hydroxylation is 1. The summed E-state index contributed by atoms with van der Waals surface area (Å²) >= 11 is 0. The van der Waals surface area contributed by atoms with Crippen LogP contribution in [0.15, 0.2) is 67.3 Å². The average Bonchev–Trinajstić information content (AvgIpc) is 3.64. The van der Waals surface area contributed by atoms with Crippen LogP contribution in [0.1, 0.15) is 36.9 Å². The molecule has 6 nitrogen and oxygen atoms in total. The van der Waals surface area contributed by atoms with Gasteiger partial charge in [0.05, 0.1) is 30.2 Å². The molecule has 0 radical (unpaired) electrons. The average molecular weight is 448 g/mol. The maximum absolute atomic E-state index is 10.6. The Balaban J connectivity index is 1.69. The highest BCUT2D eigenvalue weighted by Crippen LogP contribution is 2.37. The topological polar surface area (TPSA) is 59.8 Å². The summed E-state index contributed by atoms with van der Waals surface area (Å²) in [4.78, 5) is 2.36. The lowest BCUT2D eigenvalue weighted by atomic mass is 10.1. The predicted octanol–water partition coefficient (Wildman–Crippen LogP) is 5.27. The van der Waals surface area contributed by atoms with Crippen LogP contribution < -0.4 is 9.47 Å². The van der Waals surface area contributed by atoms with Crippen molar-refractivity contribution in [2.24, 2.45) is 0 Å². The van der Waals surface area contributed by atoms with Gasteiger partial charge in [-0.05, 0) is 56.9 Å². The smallest absolute Gasteiger partial charge is 0.227 e. The fourth-order valence-corrected chi connectivity index (χ4v) is 4.03. The summed E-state index contributed by atoms with van der Waals surface area (Å²) in [6.07, 6.45) is 5.32. The van der Waals surface area contributed by atoms with E-state index in [0.717, 1.165) is 42.6 Å². The Labute approximate surface area is 196 Å². The number of benzene rings is 2. The highest BCUT2D eigenvalue weighted by Gasteiger charge is 2.32. The standard InChI is InChI=1S/C27H33N3O3/c1-4-5-13-23(31)18-29(21-16-17-21)19-24-20(2)28-30(22-11-7-6-8-12-22)27(24)33-26-15-10-9-14-25(26)32-3/h4,6-12,14-15,21,23,31H,1,5,13,16-19H2,2-3H3. The molecule has 1 atom stereocenters. The van der Waals surface area contributed by atoms with Crippen LogP contribution in [0.25, 0.3) is 5.69 Å². The third-order valence-electron chi connectivity index (χ3n) is 5.99. The second kappa shape index (κ2) is 10.7. The van der Waals surface area contributed by atoms with Crippen LogP contribution in [0.4, 0.5) is 0 Å². The molecular formula is C27H33N3O3. The molecule has 1 aromatic heterocycles. The van der Waals surface area contributed by atoms with Gasteiger partial charge >= 0.3 is 0 Å². The van der Waals surface area contributed by atoms with Crippen molar-refractivity contribution in [1.82, 2.24) is 14.7 Å². The fourth-order valence-electron chi connectivity index (χ4n) is 4.03. The Hall–Kier alpha value is -3.09. The molecular weight excluding hydrogens is 414 g/mol. The summed E-state index contributed by atoms with van der Waals surface area (Å²) < 4.78 is 13.9. The third-order valence-corrected chi connectivity index (χ3v) is 5.99. The molecule has 1 saturated carbocycles. The minimum Gasteiger partial charge on any atom is -0.493 e. The summed E-state index contributed by atoms with van der Waals surface area (Å²) in [6, 6.07) is 18.1. The monoisotopic (exact) mass is 447 g/mol. The van der Waals surface area contributed by atoms with E-state index >= 15 is 0 Å². The number of methoxy groups -OCH3 is 1. The van der Waals surface area contributed by atoms with E-state index in [2.05, 4.69) is 11.5 Å². The van der Waals surface area contributed by atoms with Gasteiger partial charge in [0.1, 0.15) is 0 Å². The van der Waals surface area contributed by atoms with E-state index in [1.807, 2.05) is 72.3 Å². The molecule has 2 aromatic carbocycles. The Kier molecular flexibility index (Phi) is 7.47. The maximum Gasteiger partial charge on any atom is 0.227 e. The van der Waals surface area contributed by atoms with Gasteiger partial charge in [0, 0.05) is 19.1 Å². The van der Waals surface area contributed by atoms with Crippen molar-refractivity contribution in [1.29, 1.82) is 0 Å². The van der Waals surface area contributed by atoms with Gasteiger partial charge in [-0.2, -0.15) is 5.10 Å². The quantitative estimate of drug-likeness (QED) is 0.383. The number of nitrogens with zero attached hydrogens (tertiary/aromatic N) is 3. The maximum atomic E-state index is 10.6. The number of aliphatic hydroxyl groups excluding tert-OH is 1. The molecule has 1 unspecified atom stereocenters. The molecule has 1 N–H and O–H groups in total. The van der Waals surface area contributed by atoms with Gasteiger partial charge in [0.25, 0.3) is 0 Å². The molecule has 0 spiro atoms. The van der Waals surface area contributed by atoms with Gasteiger partial charge in [0.2, 0.25) is 5.88 Å². The Morgan fingerprint density at radius 3 is 2.52 bits per heavy atom. The SMILES string of the molecule is C=CCCC(O)CN(Cc1c(C)nn(-c2ccccc2)c1Oc1ccccc1OC)C1CC1. The zero-order chi connectivity index (χ0) is 23.2. The number of aliphatic hydroxyl groups is 1. The number of para-hydroxylation sites is 3. The van der Waals surface area contributed by atoms with Crippen molar-refractivity contribution in [2.75, 3.05) is 13.7 Å². The van der Waals surface area contributed by atoms with E-state index in [4.69, 9.17) is 14.6 Å². The zero-order valence-corrected chi connectivity index (χ0v) is 19.5. The second-order valence-electron chi connectivity index (χ2n) is 8.55. The number of ether oxygens (including phenoxy) is 2. The molecule has 1 aliphatic carbocycles. The number of allylic oxidation sites excluding steroid dienone is 1. The molecule has 0 saturated heterocycles. The van der Waals surface area contributed by atoms with Crippen LogP contribution >= 0.6 is 0 Å². The highest BCUT2D eigenvalue weighted by molar-refractivity contribution is 5.47. The molecule has 174 valence electrons. The highest BCUT2D eigenvalue weighted by atomic mass is 16.5. The fraction of sp³-hybridized carbons (Fsp3) is 0.370. The minimum absolute atomic E-state index is 0.383. The molecule has 1 aliphatic rings. The number of rotatable bonds is 12. The first-order valence-corrected chi connectivity index (χ1v) is 11.6. The van der Waals surface area contributed by atoms with Crippen LogP contribution in [0.5, 0.6) is 17.4 Å². The van der Waals surface area contributed by atoms with Gasteiger partial charge < -0.3 is 14.6 Å². The van der Waals surface area contributed by atoms with Gasteiger partial charge in [-0.15, -0.1) is 6.58 Å². The van der Waals surface area contributed by atoms with Crippen molar-refractivity contribution < 1.29 is 14.6 Å². The van der Waals surface area contributed by atoms with E-state index in [0.29, 0.717) is 36.5 Å². The molecule has 6 heteroatoms. The molecule has 1 heterocycles. The number of aromatic nitrogens is 2. The molecule has 0 aliphatic heterocycles. The predicted molar refractivity (Wildman–Crippen MR) is 130 cm³/mol. The molecule has 3 aromatic rings. The van der Waals surface area contributed by atoms with Gasteiger partial charge in [-0.25, -0.2) is 4.68 Å². The van der Waals surface area contributed by atoms with Crippen LogP contribution in [0.2, 0.25) is 0 Å². The number of hydrogen-bond donors (Lipinski definition) is 1. The van der Waals surface area contributed by atoms with E-state index < -0.39 is 0 Å². The number of hydrogen-bond acceptors (Lipinski definition) is 5. The van der Waals surface area contributed by atoms with E-state index in [1.54, 1.807) is 7.11 Å². The lowest BCUT2D eigenvalue weighted by Crippen LogP contribution is -2.34. The Morgan fingerprint density at radius 2 is 1.85 bits per heavy atom. The van der Waals surface area contributed by atoms with Crippen LogP contribution in [-0.2, 0) is 6.54 Å². The summed E-state index contributed by atoms with van der Waals surface area (Å²) in [6.45, 7) is 7.08. The Morgan fingerprint density at radius 1 is 1.15 bits per heavy atom. The first-order chi connectivity index (χ1) is 16.1. The van der Waals surface area contributed by atoms with Crippen molar-refractivity contribution >= 4 is 0 Å². The van der Waals surface area contributed by atoms with E-state index in [-0.39, 0.29) is 6.10 Å². The normalized spacial score (nSPS) is 14.3. The van der Waals surface area contributed by atoms with E-state index in [9.17, 15) is 5.11 Å². The summed E-state index contributed by atoms with van der Waals surface area (Å²) in [5.41, 5.74) is 2.86. The lowest BCUT2D eigenvalue weighted by molar-refractivity contribution is 0.0974. The lowest BCUT2D eigenvalue weighted by Gasteiger charge is -2.25. The van der Waals surface area contributed by atoms with Gasteiger partial charge in [-0.1, -0.05) is 36.4 Å². The van der Waals surface area contributed by atoms with Crippen molar-refractivity contribution in [3.8, 4) is 23.1 Å². The zero-order valence-electron chi connectivity index (χ0n) is 19.5. The second-order valence-corrected chi connectivity index (χ2v) is 8.55. The first-order valence-electron chi connectivity index (χ1n) is 11.6. The third kappa shape index (κ3) is 5.64. The van der Waals surface area contributed by atoms with Crippen molar-refractivity contribution in [2.45, 2.75) is 51.3 Å².